The zero-order valence-corrected chi connectivity index (χ0v) is 13.4. The third-order valence-corrected chi connectivity index (χ3v) is 4.11. The molecule has 0 aliphatic carbocycles. The predicted octanol–water partition coefficient (Wildman–Crippen LogP) is 0.918. The topological polar surface area (TPSA) is 71.3 Å². The fourth-order valence-corrected chi connectivity index (χ4v) is 2.77. The quantitative estimate of drug-likeness (QED) is 0.751. The Kier molecular flexibility index (Phi) is 5.91. The van der Waals surface area contributed by atoms with Gasteiger partial charge in [-0.1, -0.05) is 19.8 Å². The number of hydrogen-bond donors (Lipinski definition) is 0. The molecule has 0 unspecified atom stereocenters. The predicted molar refractivity (Wildman–Crippen MR) is 81.9 cm³/mol. The molecular weight excluding hydrogens is 282 g/mol. The fourth-order valence-electron chi connectivity index (χ4n) is 2.77. The Labute approximate surface area is 131 Å². The highest BCUT2D eigenvalue weighted by Crippen LogP contribution is 2.17. The summed E-state index contributed by atoms with van der Waals surface area (Å²) < 4.78 is 1.72. The van der Waals surface area contributed by atoms with E-state index in [9.17, 15) is 9.59 Å². The van der Waals surface area contributed by atoms with Crippen LogP contribution in [-0.2, 0) is 16.1 Å². The highest BCUT2D eigenvalue weighted by Gasteiger charge is 2.34. The van der Waals surface area contributed by atoms with Crippen LogP contribution in [0.4, 0.5) is 0 Å². The molecule has 2 rings (SSSR count). The highest BCUT2D eigenvalue weighted by molar-refractivity contribution is 5.88. The number of piperazine rings is 1. The van der Waals surface area contributed by atoms with Gasteiger partial charge in [-0.15, -0.1) is 0 Å². The molecule has 1 fully saturated rings. The van der Waals surface area contributed by atoms with Crippen LogP contribution < -0.4 is 0 Å². The van der Waals surface area contributed by atoms with E-state index in [-0.39, 0.29) is 17.9 Å². The van der Waals surface area contributed by atoms with Gasteiger partial charge in [0, 0.05) is 33.1 Å². The van der Waals surface area contributed by atoms with Crippen LogP contribution in [0.1, 0.15) is 39.0 Å². The Morgan fingerprint density at radius 2 is 2.18 bits per heavy atom. The maximum absolute atomic E-state index is 12.5. The average molecular weight is 307 g/mol. The zero-order chi connectivity index (χ0) is 15.9. The Morgan fingerprint density at radius 1 is 1.36 bits per heavy atom. The van der Waals surface area contributed by atoms with Crippen molar-refractivity contribution in [3.63, 3.8) is 0 Å². The highest BCUT2D eigenvalue weighted by atomic mass is 16.2. The number of nitrogens with zero attached hydrogens (tertiary/aromatic N) is 5. The van der Waals surface area contributed by atoms with Crippen LogP contribution >= 0.6 is 0 Å². The van der Waals surface area contributed by atoms with E-state index in [0.29, 0.717) is 32.5 Å². The molecule has 1 aliphatic heterocycles. The van der Waals surface area contributed by atoms with Gasteiger partial charge in [0.2, 0.25) is 11.8 Å². The smallest absolute Gasteiger partial charge is 0.245 e. The molecule has 1 atom stereocenters. The second-order valence-electron chi connectivity index (χ2n) is 5.77. The maximum atomic E-state index is 12.5. The van der Waals surface area contributed by atoms with Crippen molar-refractivity contribution in [1.82, 2.24) is 24.6 Å². The molecule has 1 aromatic rings. The maximum Gasteiger partial charge on any atom is 0.245 e. The fraction of sp³-hybridized carbons (Fsp3) is 0.733. The van der Waals surface area contributed by atoms with Crippen molar-refractivity contribution in [2.45, 2.75) is 51.6 Å². The van der Waals surface area contributed by atoms with Gasteiger partial charge in [-0.05, 0) is 12.8 Å². The normalized spacial score (nSPS) is 18.8. The summed E-state index contributed by atoms with van der Waals surface area (Å²) in [5.74, 6) is 0.145. The van der Waals surface area contributed by atoms with Gasteiger partial charge < -0.3 is 9.80 Å². The van der Waals surface area contributed by atoms with Gasteiger partial charge in [0.15, 0.2) is 0 Å². The summed E-state index contributed by atoms with van der Waals surface area (Å²) in [6, 6.07) is -0.280. The van der Waals surface area contributed by atoms with E-state index in [0.717, 1.165) is 19.3 Å². The molecule has 1 aliphatic rings. The zero-order valence-electron chi connectivity index (χ0n) is 13.4. The molecule has 2 amide bonds. The van der Waals surface area contributed by atoms with Crippen LogP contribution in [0, 0.1) is 0 Å². The first-order chi connectivity index (χ1) is 10.6. The van der Waals surface area contributed by atoms with Crippen molar-refractivity contribution < 1.29 is 9.59 Å². The molecule has 122 valence electrons. The summed E-state index contributed by atoms with van der Waals surface area (Å²) in [6.45, 7) is 4.03. The first-order valence-electron chi connectivity index (χ1n) is 8.00. The van der Waals surface area contributed by atoms with E-state index in [1.165, 1.54) is 6.33 Å². The second-order valence-corrected chi connectivity index (χ2v) is 5.77. The van der Waals surface area contributed by atoms with Crippen LogP contribution in [0.3, 0.4) is 0 Å². The summed E-state index contributed by atoms with van der Waals surface area (Å²) in [5.41, 5.74) is 0. The van der Waals surface area contributed by atoms with E-state index >= 15 is 0 Å². The molecule has 1 aromatic heterocycles. The van der Waals surface area contributed by atoms with Crippen LogP contribution in [0.5, 0.6) is 0 Å². The van der Waals surface area contributed by atoms with Crippen LogP contribution in [0.2, 0.25) is 0 Å². The number of likely N-dealkylation sites (N-methyl/N-ethyl adjacent to an activating group) is 1. The number of unbranched alkanes of at least 4 members (excludes halogenated alkanes) is 1. The lowest BCUT2D eigenvalue weighted by molar-refractivity contribution is -0.150. The van der Waals surface area contributed by atoms with E-state index in [4.69, 9.17) is 0 Å². The number of hydrogen-bond acceptors (Lipinski definition) is 4. The number of amides is 2. The summed E-state index contributed by atoms with van der Waals surface area (Å²) in [7, 11) is 1.81. The Morgan fingerprint density at radius 3 is 2.86 bits per heavy atom. The molecule has 0 N–H and O–H groups in total. The average Bonchev–Trinajstić information content (AvgIpc) is 3.02. The number of carbonyl (C=O) groups excluding carboxylic acids is 2. The summed E-state index contributed by atoms with van der Waals surface area (Å²) >= 11 is 0. The van der Waals surface area contributed by atoms with Crippen molar-refractivity contribution in [3.05, 3.63) is 12.7 Å². The third-order valence-electron chi connectivity index (χ3n) is 4.11. The lowest BCUT2D eigenvalue weighted by atomic mass is 10.0. The molecule has 0 bridgehead atoms. The van der Waals surface area contributed by atoms with Gasteiger partial charge in [-0.25, -0.2) is 4.98 Å². The molecule has 0 saturated carbocycles. The third kappa shape index (κ3) is 4.05. The van der Waals surface area contributed by atoms with Gasteiger partial charge in [0.25, 0.3) is 0 Å². The molecule has 1 saturated heterocycles. The van der Waals surface area contributed by atoms with E-state index < -0.39 is 0 Å². The minimum Gasteiger partial charge on any atom is -0.342 e. The monoisotopic (exact) mass is 307 g/mol. The van der Waals surface area contributed by atoms with Gasteiger partial charge in [-0.3, -0.25) is 14.3 Å². The minimum absolute atomic E-state index is 0.0719. The van der Waals surface area contributed by atoms with Crippen molar-refractivity contribution in [2.75, 3.05) is 20.1 Å². The second kappa shape index (κ2) is 7.91. The number of aromatic nitrogens is 3. The minimum atomic E-state index is -0.280. The van der Waals surface area contributed by atoms with Crippen LogP contribution in [-0.4, -0.2) is 62.6 Å². The summed E-state index contributed by atoms with van der Waals surface area (Å²) in [5, 5.41) is 4.02. The number of rotatable bonds is 7. The Balaban J connectivity index is 1.88. The van der Waals surface area contributed by atoms with Gasteiger partial charge in [0.1, 0.15) is 18.7 Å². The van der Waals surface area contributed by atoms with E-state index in [2.05, 4.69) is 17.0 Å². The first kappa shape index (κ1) is 16.5. The van der Waals surface area contributed by atoms with Gasteiger partial charge in [-0.2, -0.15) is 5.10 Å². The molecule has 2 heterocycles. The van der Waals surface area contributed by atoms with E-state index in [1.807, 2.05) is 7.05 Å². The number of carbonyl (C=O) groups is 2. The largest absolute Gasteiger partial charge is 0.342 e. The molecule has 7 nitrogen and oxygen atoms in total. The van der Waals surface area contributed by atoms with E-state index in [1.54, 1.807) is 20.8 Å². The molecule has 0 aromatic carbocycles. The molecule has 22 heavy (non-hydrogen) atoms. The lowest BCUT2D eigenvalue weighted by Gasteiger charge is -2.39. The van der Waals surface area contributed by atoms with Crippen molar-refractivity contribution in [2.24, 2.45) is 0 Å². The molecular formula is C15H25N5O2. The molecule has 7 heteroatoms. The van der Waals surface area contributed by atoms with Crippen molar-refractivity contribution in [1.29, 1.82) is 0 Å². The molecule has 0 radical (unpaired) electrons. The Bertz CT molecular complexity index is 488. The van der Waals surface area contributed by atoms with Crippen molar-refractivity contribution in [3.8, 4) is 0 Å². The SMILES string of the molecule is CCCC[C@@H]1C(=O)N(C)CCN1C(=O)CCCn1cncn1. The van der Waals surface area contributed by atoms with Gasteiger partial charge >= 0.3 is 0 Å². The summed E-state index contributed by atoms with van der Waals surface area (Å²) in [4.78, 5) is 32.2. The van der Waals surface area contributed by atoms with Crippen molar-refractivity contribution >= 4 is 11.8 Å². The Hall–Kier alpha value is -1.92. The number of aryl methyl sites for hydroxylation is 1. The lowest BCUT2D eigenvalue weighted by Crippen LogP contribution is -2.57. The van der Waals surface area contributed by atoms with Crippen LogP contribution in [0.25, 0.3) is 0 Å². The first-order valence-corrected chi connectivity index (χ1v) is 8.00. The van der Waals surface area contributed by atoms with Crippen LogP contribution in [0.15, 0.2) is 12.7 Å². The molecule has 0 spiro atoms. The standard InChI is InChI=1S/C15H25N5O2/c1-3-4-6-13-15(22)18(2)9-10-20(13)14(21)7-5-8-19-12-16-11-17-19/h11-13H,3-10H2,1-2H3/t13-/m1/s1. The van der Waals surface area contributed by atoms with Gasteiger partial charge in [0.05, 0.1) is 0 Å². The summed E-state index contributed by atoms with van der Waals surface area (Å²) in [6.07, 6.45) is 7.04.